The number of nitrogens with zero attached hydrogens (tertiary/aromatic N) is 1. The van der Waals surface area contributed by atoms with Gasteiger partial charge in [-0.25, -0.2) is 4.79 Å². The number of benzene rings is 1. The van der Waals surface area contributed by atoms with Crippen LogP contribution in [0, 0.1) is 5.92 Å². The van der Waals surface area contributed by atoms with Gasteiger partial charge in [0.05, 0.1) is 5.52 Å². The molecular formula is C12H13N3O3. The molecule has 1 fully saturated rings. The smallest absolute Gasteiger partial charge is 0.408 e. The summed E-state index contributed by atoms with van der Waals surface area (Å²) in [5.41, 5.74) is 7.44. The summed E-state index contributed by atoms with van der Waals surface area (Å²) in [4.78, 5) is 27.2. The average Bonchev–Trinajstić information content (AvgIpc) is 2.89. The fourth-order valence-corrected chi connectivity index (χ4v) is 2.30. The second-order valence-corrected chi connectivity index (χ2v) is 4.51. The number of rotatable bonds is 2. The van der Waals surface area contributed by atoms with Gasteiger partial charge in [-0.3, -0.25) is 9.78 Å². The summed E-state index contributed by atoms with van der Waals surface area (Å²) in [5, 5.41) is 0. The molecule has 0 spiro atoms. The maximum absolute atomic E-state index is 11.9. The molecule has 2 heterocycles. The van der Waals surface area contributed by atoms with Crippen LogP contribution in [0.5, 0.6) is 0 Å². The molecule has 0 saturated carbocycles. The van der Waals surface area contributed by atoms with Crippen LogP contribution in [-0.2, 0) is 4.79 Å². The minimum atomic E-state index is -0.491. The van der Waals surface area contributed by atoms with Gasteiger partial charge in [-0.1, -0.05) is 0 Å². The van der Waals surface area contributed by atoms with Crippen LogP contribution in [0.15, 0.2) is 27.4 Å². The van der Waals surface area contributed by atoms with E-state index >= 15 is 0 Å². The van der Waals surface area contributed by atoms with E-state index in [1.807, 2.05) is 0 Å². The summed E-state index contributed by atoms with van der Waals surface area (Å²) in [5.74, 6) is -0.220. The molecule has 1 aliphatic heterocycles. The van der Waals surface area contributed by atoms with Crippen molar-refractivity contribution in [2.24, 2.45) is 11.7 Å². The van der Waals surface area contributed by atoms with Gasteiger partial charge in [-0.2, -0.15) is 0 Å². The number of carbonyl (C=O) groups is 1. The van der Waals surface area contributed by atoms with Crippen LogP contribution in [0.1, 0.15) is 6.42 Å². The van der Waals surface area contributed by atoms with E-state index in [4.69, 9.17) is 10.2 Å². The molecule has 3 N–H and O–H groups in total. The third kappa shape index (κ3) is 1.70. The number of hydrogen-bond donors (Lipinski definition) is 2. The predicted molar refractivity (Wildman–Crippen MR) is 66.3 cm³/mol. The van der Waals surface area contributed by atoms with Gasteiger partial charge in [0, 0.05) is 18.7 Å². The zero-order valence-corrected chi connectivity index (χ0v) is 9.68. The van der Waals surface area contributed by atoms with E-state index in [0.29, 0.717) is 30.6 Å². The maximum Gasteiger partial charge on any atom is 0.417 e. The minimum absolute atomic E-state index is 0.0654. The molecule has 1 aromatic carbocycles. The number of carbonyl (C=O) groups excluding carboxylic acids is 1. The Bertz CT molecular complexity index is 658. The number of nitrogens with two attached hydrogens (primary N) is 1. The molecule has 1 unspecified atom stereocenters. The van der Waals surface area contributed by atoms with Crippen molar-refractivity contribution < 1.29 is 9.21 Å². The Balaban J connectivity index is 1.99. The van der Waals surface area contributed by atoms with E-state index in [1.165, 1.54) is 0 Å². The number of oxazole rings is 1. The largest absolute Gasteiger partial charge is 0.417 e. The summed E-state index contributed by atoms with van der Waals surface area (Å²) in [6.45, 7) is 1.13. The maximum atomic E-state index is 11.9. The highest BCUT2D eigenvalue weighted by Crippen LogP contribution is 2.26. The van der Waals surface area contributed by atoms with E-state index < -0.39 is 5.76 Å². The molecule has 18 heavy (non-hydrogen) atoms. The quantitative estimate of drug-likeness (QED) is 0.805. The first-order valence-corrected chi connectivity index (χ1v) is 5.80. The molecule has 1 atom stereocenters. The van der Waals surface area contributed by atoms with Crippen molar-refractivity contribution in [3.8, 4) is 0 Å². The Morgan fingerprint density at radius 1 is 1.44 bits per heavy atom. The Labute approximate surface area is 102 Å². The number of fused-ring (bicyclic) bond motifs is 1. The van der Waals surface area contributed by atoms with E-state index in [2.05, 4.69) is 4.98 Å². The van der Waals surface area contributed by atoms with Gasteiger partial charge >= 0.3 is 5.76 Å². The van der Waals surface area contributed by atoms with Crippen LogP contribution >= 0.6 is 0 Å². The summed E-state index contributed by atoms with van der Waals surface area (Å²) >= 11 is 0. The lowest BCUT2D eigenvalue weighted by Crippen LogP contribution is -2.25. The van der Waals surface area contributed by atoms with Gasteiger partial charge in [-0.05, 0) is 30.7 Å². The van der Waals surface area contributed by atoms with Gasteiger partial charge in [0.15, 0.2) is 5.58 Å². The van der Waals surface area contributed by atoms with Crippen molar-refractivity contribution in [1.82, 2.24) is 4.98 Å². The molecule has 0 aliphatic carbocycles. The topological polar surface area (TPSA) is 92.3 Å². The van der Waals surface area contributed by atoms with Crippen molar-refractivity contribution in [2.75, 3.05) is 18.0 Å². The number of nitrogens with one attached hydrogen (secondary N) is 1. The monoisotopic (exact) mass is 247 g/mol. The molecule has 94 valence electrons. The van der Waals surface area contributed by atoms with Crippen LogP contribution in [0.2, 0.25) is 0 Å². The third-order valence-electron chi connectivity index (χ3n) is 3.25. The van der Waals surface area contributed by atoms with Gasteiger partial charge in [0.25, 0.3) is 0 Å². The SMILES string of the molecule is NCC1CC(=O)N(c2ccc3oc(=O)[nH]c3c2)C1. The number of H-pyrrole nitrogens is 1. The molecular weight excluding hydrogens is 234 g/mol. The van der Waals surface area contributed by atoms with Crippen molar-refractivity contribution in [2.45, 2.75) is 6.42 Å². The normalized spacial score (nSPS) is 19.9. The summed E-state index contributed by atoms with van der Waals surface area (Å²) < 4.78 is 4.92. The van der Waals surface area contributed by atoms with Crippen LogP contribution in [0.3, 0.4) is 0 Å². The van der Waals surface area contributed by atoms with Crippen molar-refractivity contribution in [1.29, 1.82) is 0 Å². The van der Waals surface area contributed by atoms with Crippen LogP contribution in [-0.4, -0.2) is 24.0 Å². The molecule has 1 aromatic heterocycles. The Morgan fingerprint density at radius 3 is 3.00 bits per heavy atom. The van der Waals surface area contributed by atoms with E-state index in [9.17, 15) is 9.59 Å². The van der Waals surface area contributed by atoms with Crippen LogP contribution < -0.4 is 16.4 Å². The molecule has 0 radical (unpaired) electrons. The predicted octanol–water partition coefficient (Wildman–Crippen LogP) is 0.433. The third-order valence-corrected chi connectivity index (χ3v) is 3.25. The molecule has 0 bridgehead atoms. The van der Waals surface area contributed by atoms with Crippen LogP contribution in [0.4, 0.5) is 5.69 Å². The molecule has 2 aromatic rings. The van der Waals surface area contributed by atoms with E-state index in [1.54, 1.807) is 23.1 Å². The first-order valence-electron chi connectivity index (χ1n) is 5.80. The Hall–Kier alpha value is -2.08. The van der Waals surface area contributed by atoms with Crippen molar-refractivity contribution in [3.63, 3.8) is 0 Å². The van der Waals surface area contributed by atoms with E-state index in [-0.39, 0.29) is 11.8 Å². The number of aromatic amines is 1. The fourth-order valence-electron chi connectivity index (χ4n) is 2.30. The molecule has 1 amide bonds. The van der Waals surface area contributed by atoms with Gasteiger partial charge in [-0.15, -0.1) is 0 Å². The second kappa shape index (κ2) is 3.99. The number of hydrogen-bond acceptors (Lipinski definition) is 4. The first kappa shape index (κ1) is 11.0. The molecule has 3 rings (SSSR count). The summed E-state index contributed by atoms with van der Waals surface area (Å²) in [6, 6.07) is 5.21. The summed E-state index contributed by atoms with van der Waals surface area (Å²) in [6.07, 6.45) is 0.483. The van der Waals surface area contributed by atoms with Crippen molar-refractivity contribution in [3.05, 3.63) is 28.7 Å². The average molecular weight is 247 g/mol. The first-order chi connectivity index (χ1) is 8.67. The molecule has 6 heteroatoms. The molecule has 1 saturated heterocycles. The highest BCUT2D eigenvalue weighted by molar-refractivity contribution is 5.97. The Morgan fingerprint density at radius 2 is 2.28 bits per heavy atom. The van der Waals surface area contributed by atoms with Gasteiger partial charge in [0.2, 0.25) is 5.91 Å². The van der Waals surface area contributed by atoms with Crippen molar-refractivity contribution >= 4 is 22.7 Å². The second-order valence-electron chi connectivity index (χ2n) is 4.51. The van der Waals surface area contributed by atoms with Gasteiger partial charge < -0.3 is 15.1 Å². The van der Waals surface area contributed by atoms with E-state index in [0.717, 1.165) is 5.69 Å². The zero-order valence-electron chi connectivity index (χ0n) is 9.68. The van der Waals surface area contributed by atoms with Crippen LogP contribution in [0.25, 0.3) is 11.1 Å². The molecule has 1 aliphatic rings. The highest BCUT2D eigenvalue weighted by atomic mass is 16.4. The van der Waals surface area contributed by atoms with Gasteiger partial charge in [0.1, 0.15) is 0 Å². The minimum Gasteiger partial charge on any atom is -0.408 e. The lowest BCUT2D eigenvalue weighted by molar-refractivity contribution is -0.117. The zero-order chi connectivity index (χ0) is 12.7. The number of aromatic nitrogens is 1. The lowest BCUT2D eigenvalue weighted by Gasteiger charge is -2.16. The number of anilines is 1. The number of amides is 1. The standard InChI is InChI=1S/C12H13N3O3/c13-5-7-3-11(16)15(6-7)8-1-2-10-9(4-8)14-12(17)18-10/h1-2,4,7H,3,5-6,13H2,(H,14,17). The Kier molecular flexibility index (Phi) is 2.45. The molecule has 6 nitrogen and oxygen atoms in total. The fraction of sp³-hybridized carbons (Fsp3) is 0.333. The summed E-state index contributed by atoms with van der Waals surface area (Å²) in [7, 11) is 0. The lowest BCUT2D eigenvalue weighted by atomic mass is 10.1. The highest BCUT2D eigenvalue weighted by Gasteiger charge is 2.29.